The molecule has 114 valence electrons. The van der Waals surface area contributed by atoms with Crippen LogP contribution in [0.1, 0.15) is 78.1 Å². The molecule has 0 saturated heterocycles. The zero-order valence-electron chi connectivity index (χ0n) is 13.5. The third-order valence-electron chi connectivity index (χ3n) is 8.45. The third kappa shape index (κ3) is 1.71. The van der Waals surface area contributed by atoms with Gasteiger partial charge in [0.1, 0.15) is 0 Å². The molecule has 4 aliphatic carbocycles. The maximum Gasteiger partial charge on any atom is 0.00753 e. The molecule has 0 spiro atoms. The second kappa shape index (κ2) is 4.48. The molecule has 1 unspecified atom stereocenters. The fourth-order valence-corrected chi connectivity index (χ4v) is 7.46. The predicted molar refractivity (Wildman–Crippen MR) is 84.3 cm³/mol. The van der Waals surface area contributed by atoms with E-state index >= 15 is 0 Å². The van der Waals surface area contributed by atoms with Gasteiger partial charge in [-0.15, -0.1) is 0 Å². The quantitative estimate of drug-likeness (QED) is 0.678. The summed E-state index contributed by atoms with van der Waals surface area (Å²) in [5.74, 6) is 3.81. The van der Waals surface area contributed by atoms with E-state index in [0.29, 0.717) is 16.9 Å². The fourth-order valence-electron chi connectivity index (χ4n) is 7.46. The highest BCUT2D eigenvalue weighted by Gasteiger charge is 2.58. The molecule has 0 aromatic carbocycles. The normalized spacial score (nSPS) is 58.6. The van der Waals surface area contributed by atoms with E-state index in [1.165, 1.54) is 64.2 Å². The summed E-state index contributed by atoms with van der Waals surface area (Å²) in [6.45, 7) is 5.23. The van der Waals surface area contributed by atoms with Crippen molar-refractivity contribution in [3.8, 4) is 0 Å². The van der Waals surface area contributed by atoms with E-state index in [9.17, 15) is 0 Å². The average molecular weight is 275 g/mol. The van der Waals surface area contributed by atoms with E-state index < -0.39 is 0 Å². The number of nitrogens with two attached hydrogens (primary N) is 1. The first kappa shape index (κ1) is 13.6. The summed E-state index contributed by atoms with van der Waals surface area (Å²) in [7, 11) is 0. The first-order valence-electron chi connectivity index (χ1n) is 9.30. The van der Waals surface area contributed by atoms with Gasteiger partial charge in [-0.25, -0.2) is 0 Å². The minimum absolute atomic E-state index is 0.504. The zero-order chi connectivity index (χ0) is 14.0. The average Bonchev–Trinajstić information content (AvgIpc) is 2.81. The van der Waals surface area contributed by atoms with Crippen molar-refractivity contribution in [1.29, 1.82) is 0 Å². The Balaban J connectivity index is 1.68. The van der Waals surface area contributed by atoms with Gasteiger partial charge in [-0.05, 0) is 79.4 Å². The molecular weight excluding hydrogens is 242 g/mol. The van der Waals surface area contributed by atoms with Gasteiger partial charge in [0.2, 0.25) is 0 Å². The molecule has 0 heterocycles. The van der Waals surface area contributed by atoms with Crippen molar-refractivity contribution >= 4 is 0 Å². The Morgan fingerprint density at radius 2 is 1.60 bits per heavy atom. The molecular formula is C19H33N. The highest BCUT2D eigenvalue weighted by molar-refractivity contribution is 5.09. The highest BCUT2D eigenvalue weighted by atomic mass is 14.7. The number of hydrogen-bond donors (Lipinski definition) is 1. The summed E-state index contributed by atoms with van der Waals surface area (Å²) in [6.07, 6.45) is 14.6. The maximum absolute atomic E-state index is 6.71. The van der Waals surface area contributed by atoms with Gasteiger partial charge in [0.15, 0.2) is 0 Å². The van der Waals surface area contributed by atoms with Crippen LogP contribution >= 0.6 is 0 Å². The molecule has 0 aliphatic heterocycles. The van der Waals surface area contributed by atoms with Crippen LogP contribution in [0.2, 0.25) is 0 Å². The van der Waals surface area contributed by atoms with Gasteiger partial charge in [-0.1, -0.05) is 33.1 Å². The Labute approximate surface area is 125 Å². The summed E-state index contributed by atoms with van der Waals surface area (Å²) in [6, 6.07) is 0.504. The van der Waals surface area contributed by atoms with Crippen molar-refractivity contribution in [1.82, 2.24) is 0 Å². The number of rotatable bonds is 0. The van der Waals surface area contributed by atoms with Gasteiger partial charge in [0.05, 0.1) is 0 Å². The largest absolute Gasteiger partial charge is 0.327 e. The molecule has 0 radical (unpaired) electrons. The monoisotopic (exact) mass is 275 g/mol. The minimum atomic E-state index is 0.504. The summed E-state index contributed by atoms with van der Waals surface area (Å²) in [4.78, 5) is 0. The molecule has 0 bridgehead atoms. The molecule has 1 nitrogen and oxygen atoms in total. The minimum Gasteiger partial charge on any atom is -0.327 e. The lowest BCUT2D eigenvalue weighted by Crippen LogP contribution is -2.58. The van der Waals surface area contributed by atoms with Crippen LogP contribution in [0.4, 0.5) is 0 Å². The van der Waals surface area contributed by atoms with Gasteiger partial charge < -0.3 is 5.73 Å². The summed E-state index contributed by atoms with van der Waals surface area (Å²) in [5, 5.41) is 0. The Morgan fingerprint density at radius 3 is 2.45 bits per heavy atom. The Hall–Kier alpha value is -0.0400. The molecule has 4 aliphatic rings. The van der Waals surface area contributed by atoms with E-state index in [0.717, 1.165) is 23.7 Å². The van der Waals surface area contributed by atoms with E-state index in [1.807, 2.05) is 0 Å². The van der Waals surface area contributed by atoms with Gasteiger partial charge in [0.25, 0.3) is 0 Å². The van der Waals surface area contributed by atoms with E-state index in [2.05, 4.69) is 13.8 Å². The van der Waals surface area contributed by atoms with Crippen LogP contribution in [0, 0.1) is 34.5 Å². The molecule has 4 fully saturated rings. The molecule has 7 atom stereocenters. The molecule has 20 heavy (non-hydrogen) atoms. The standard InChI is InChI=1S/C19H33N/c1-18-9-5-7-14(18)13-12-17(20)16-6-3-4-10-19(16,2)15(13)8-11-18/h13-17H,3-12,20H2,1-2H3/t13-,14-,15-,16+,17?,18-,19+/m0/s1. The maximum atomic E-state index is 6.71. The topological polar surface area (TPSA) is 26.0 Å². The summed E-state index contributed by atoms with van der Waals surface area (Å²) in [5.41, 5.74) is 7.97. The van der Waals surface area contributed by atoms with Crippen molar-refractivity contribution in [2.75, 3.05) is 0 Å². The van der Waals surface area contributed by atoms with E-state index in [-0.39, 0.29) is 0 Å². The van der Waals surface area contributed by atoms with Crippen LogP contribution in [0.3, 0.4) is 0 Å². The smallest absolute Gasteiger partial charge is 0.00753 e. The van der Waals surface area contributed by atoms with Crippen LogP contribution in [0.25, 0.3) is 0 Å². The van der Waals surface area contributed by atoms with Crippen molar-refractivity contribution in [3.63, 3.8) is 0 Å². The zero-order valence-corrected chi connectivity index (χ0v) is 13.5. The van der Waals surface area contributed by atoms with Crippen LogP contribution in [-0.2, 0) is 0 Å². The lowest BCUT2D eigenvalue weighted by atomic mass is 9.44. The van der Waals surface area contributed by atoms with E-state index in [1.54, 1.807) is 0 Å². The molecule has 1 heteroatoms. The molecule has 4 saturated carbocycles. The van der Waals surface area contributed by atoms with Crippen molar-refractivity contribution in [2.45, 2.75) is 84.1 Å². The van der Waals surface area contributed by atoms with Crippen LogP contribution in [0.15, 0.2) is 0 Å². The lowest BCUT2D eigenvalue weighted by molar-refractivity contribution is -0.111. The molecule has 2 N–H and O–H groups in total. The summed E-state index contributed by atoms with van der Waals surface area (Å²) < 4.78 is 0. The van der Waals surface area contributed by atoms with Gasteiger partial charge in [-0.3, -0.25) is 0 Å². The van der Waals surface area contributed by atoms with Crippen LogP contribution in [0.5, 0.6) is 0 Å². The van der Waals surface area contributed by atoms with E-state index in [4.69, 9.17) is 5.73 Å². The van der Waals surface area contributed by atoms with Gasteiger partial charge in [0, 0.05) is 6.04 Å². The Kier molecular flexibility index (Phi) is 3.05. The highest BCUT2D eigenvalue weighted by Crippen LogP contribution is 2.65. The second-order valence-corrected chi connectivity index (χ2v) is 9.22. The first-order chi connectivity index (χ1) is 9.55. The van der Waals surface area contributed by atoms with Gasteiger partial charge in [-0.2, -0.15) is 0 Å². The Morgan fingerprint density at radius 1 is 0.800 bits per heavy atom. The van der Waals surface area contributed by atoms with Crippen molar-refractivity contribution in [2.24, 2.45) is 40.2 Å². The molecule has 0 amide bonds. The second-order valence-electron chi connectivity index (χ2n) is 9.22. The SMILES string of the molecule is C[C@@]12CCC[C@H]1[C@@H]1CC(N)[C@H]3CCCC[C@]3(C)[C@H]1CC2. The first-order valence-corrected chi connectivity index (χ1v) is 9.30. The molecule has 0 aromatic rings. The van der Waals surface area contributed by atoms with Crippen LogP contribution in [-0.4, -0.2) is 6.04 Å². The summed E-state index contributed by atoms with van der Waals surface area (Å²) >= 11 is 0. The van der Waals surface area contributed by atoms with Crippen molar-refractivity contribution in [3.05, 3.63) is 0 Å². The third-order valence-corrected chi connectivity index (χ3v) is 8.45. The fraction of sp³-hybridized carbons (Fsp3) is 1.00. The number of fused-ring (bicyclic) bond motifs is 5. The van der Waals surface area contributed by atoms with Gasteiger partial charge >= 0.3 is 0 Å². The lowest BCUT2D eigenvalue weighted by Gasteiger charge is -2.61. The molecule has 4 rings (SSSR count). The Bertz CT molecular complexity index is 391. The predicted octanol–water partition coefficient (Wildman–Crippen LogP) is 4.75. The number of hydrogen-bond acceptors (Lipinski definition) is 1. The van der Waals surface area contributed by atoms with Crippen molar-refractivity contribution < 1.29 is 0 Å². The van der Waals surface area contributed by atoms with Crippen LogP contribution < -0.4 is 5.73 Å². The molecule has 0 aromatic heterocycles.